The highest BCUT2D eigenvalue weighted by atomic mass is 16.1. The molecule has 0 bridgehead atoms. The maximum Gasteiger partial charge on any atom is 0.199 e. The van der Waals surface area contributed by atoms with Gasteiger partial charge in [0.05, 0.1) is 0 Å². The molecule has 1 heterocycles. The van der Waals surface area contributed by atoms with E-state index >= 15 is 0 Å². The zero-order chi connectivity index (χ0) is 11.1. The zero-order valence-corrected chi connectivity index (χ0v) is 9.49. The average Bonchev–Trinajstić information content (AvgIpc) is 2.67. The molecule has 0 unspecified atom stereocenters. The lowest BCUT2D eigenvalue weighted by molar-refractivity contribution is 0.0968. The third kappa shape index (κ3) is 3.47. The van der Waals surface area contributed by atoms with Crippen LogP contribution < -0.4 is 5.32 Å². The molecule has 0 saturated heterocycles. The fourth-order valence-corrected chi connectivity index (χ4v) is 1.47. The Morgan fingerprint density at radius 3 is 3.00 bits per heavy atom. The van der Waals surface area contributed by atoms with Crippen molar-refractivity contribution in [2.45, 2.75) is 33.2 Å². The van der Waals surface area contributed by atoms with Gasteiger partial charge < -0.3 is 9.88 Å². The van der Waals surface area contributed by atoms with Crippen LogP contribution in [0, 0.1) is 0 Å². The molecule has 0 spiro atoms. The molecule has 0 saturated carbocycles. The van der Waals surface area contributed by atoms with Crippen molar-refractivity contribution in [3.05, 3.63) is 18.2 Å². The van der Waals surface area contributed by atoms with E-state index in [2.05, 4.69) is 17.2 Å². The zero-order valence-electron chi connectivity index (χ0n) is 9.49. The number of hydrogen-bond acceptors (Lipinski definition) is 3. The summed E-state index contributed by atoms with van der Waals surface area (Å²) in [6.07, 6.45) is 5.10. The summed E-state index contributed by atoms with van der Waals surface area (Å²) < 4.78 is 1.92. The van der Waals surface area contributed by atoms with Gasteiger partial charge >= 0.3 is 0 Å². The van der Waals surface area contributed by atoms with Crippen molar-refractivity contribution in [2.24, 2.45) is 0 Å². The molecule has 1 aromatic rings. The molecule has 15 heavy (non-hydrogen) atoms. The average molecular weight is 209 g/mol. The lowest BCUT2D eigenvalue weighted by Gasteiger charge is -2.05. The minimum atomic E-state index is 0.120. The molecule has 0 aliphatic carbocycles. The fourth-order valence-electron chi connectivity index (χ4n) is 1.47. The van der Waals surface area contributed by atoms with E-state index in [1.54, 1.807) is 6.20 Å². The fraction of sp³-hybridized carbons (Fsp3) is 0.636. The van der Waals surface area contributed by atoms with Gasteiger partial charge in [0.2, 0.25) is 0 Å². The maximum absolute atomic E-state index is 11.8. The number of ketones is 1. The van der Waals surface area contributed by atoms with Crippen LogP contribution in [0.5, 0.6) is 0 Å². The molecule has 1 N–H and O–H groups in total. The quantitative estimate of drug-likeness (QED) is 0.546. The van der Waals surface area contributed by atoms with E-state index < -0.39 is 0 Å². The van der Waals surface area contributed by atoms with Crippen LogP contribution in [-0.4, -0.2) is 28.4 Å². The second-order valence-corrected chi connectivity index (χ2v) is 3.47. The first-order valence-corrected chi connectivity index (χ1v) is 5.54. The first-order valence-electron chi connectivity index (χ1n) is 5.54. The number of imidazole rings is 1. The van der Waals surface area contributed by atoms with Gasteiger partial charge in [0.25, 0.3) is 0 Å². The van der Waals surface area contributed by atoms with Crippen LogP contribution in [0.1, 0.15) is 37.3 Å². The van der Waals surface area contributed by atoms with Gasteiger partial charge in [-0.05, 0) is 13.0 Å². The molecular weight excluding hydrogens is 190 g/mol. The van der Waals surface area contributed by atoms with E-state index in [1.165, 1.54) is 0 Å². The standard InChI is InChI=1S/C11H19N3O/c1-3-8-14-9-7-13-11(14)10(15)5-6-12-4-2/h7,9,12H,3-6,8H2,1-2H3. The largest absolute Gasteiger partial charge is 0.329 e. The Bertz CT molecular complexity index is 307. The summed E-state index contributed by atoms with van der Waals surface area (Å²) >= 11 is 0. The first-order chi connectivity index (χ1) is 7.29. The molecule has 0 aliphatic rings. The van der Waals surface area contributed by atoms with E-state index in [0.717, 1.165) is 26.1 Å². The summed E-state index contributed by atoms with van der Waals surface area (Å²) in [4.78, 5) is 15.9. The number of aryl methyl sites for hydroxylation is 1. The van der Waals surface area contributed by atoms with Crippen molar-refractivity contribution in [3.8, 4) is 0 Å². The Kier molecular flexibility index (Phi) is 5.04. The van der Waals surface area contributed by atoms with Gasteiger partial charge in [0, 0.05) is 31.9 Å². The molecule has 4 nitrogen and oxygen atoms in total. The number of nitrogens with zero attached hydrogens (tertiary/aromatic N) is 2. The second-order valence-electron chi connectivity index (χ2n) is 3.47. The Morgan fingerprint density at radius 2 is 2.33 bits per heavy atom. The van der Waals surface area contributed by atoms with Crippen molar-refractivity contribution in [2.75, 3.05) is 13.1 Å². The number of carbonyl (C=O) groups is 1. The summed E-state index contributed by atoms with van der Waals surface area (Å²) in [5, 5.41) is 3.13. The smallest absolute Gasteiger partial charge is 0.199 e. The van der Waals surface area contributed by atoms with Crippen molar-refractivity contribution in [1.82, 2.24) is 14.9 Å². The topological polar surface area (TPSA) is 46.9 Å². The summed E-state index contributed by atoms with van der Waals surface area (Å²) in [6.45, 7) is 6.61. The number of Topliss-reactive ketones (excluding diaryl/α,β-unsaturated/α-hetero) is 1. The lowest BCUT2D eigenvalue weighted by atomic mass is 10.2. The number of hydrogen-bond donors (Lipinski definition) is 1. The van der Waals surface area contributed by atoms with Crippen LogP contribution in [0.2, 0.25) is 0 Å². The van der Waals surface area contributed by atoms with Crippen LogP contribution >= 0.6 is 0 Å². The van der Waals surface area contributed by atoms with Gasteiger partial charge in [-0.15, -0.1) is 0 Å². The normalized spacial score (nSPS) is 10.5. The van der Waals surface area contributed by atoms with Crippen molar-refractivity contribution in [1.29, 1.82) is 0 Å². The van der Waals surface area contributed by atoms with E-state index in [-0.39, 0.29) is 5.78 Å². The van der Waals surface area contributed by atoms with E-state index in [0.29, 0.717) is 12.2 Å². The van der Waals surface area contributed by atoms with E-state index in [9.17, 15) is 4.79 Å². The van der Waals surface area contributed by atoms with E-state index in [4.69, 9.17) is 0 Å². The molecule has 84 valence electrons. The minimum absolute atomic E-state index is 0.120. The minimum Gasteiger partial charge on any atom is -0.329 e. The Balaban J connectivity index is 2.53. The Hall–Kier alpha value is -1.16. The third-order valence-corrected chi connectivity index (χ3v) is 2.21. The lowest BCUT2D eigenvalue weighted by Crippen LogP contribution is -2.19. The highest BCUT2D eigenvalue weighted by molar-refractivity contribution is 5.92. The van der Waals surface area contributed by atoms with Gasteiger partial charge in [-0.25, -0.2) is 4.98 Å². The summed E-state index contributed by atoms with van der Waals surface area (Å²) in [7, 11) is 0. The van der Waals surface area contributed by atoms with Gasteiger partial charge in [-0.3, -0.25) is 4.79 Å². The molecule has 1 aromatic heterocycles. The van der Waals surface area contributed by atoms with E-state index in [1.807, 2.05) is 17.7 Å². The predicted octanol–water partition coefficient (Wildman–Crippen LogP) is 1.48. The summed E-state index contributed by atoms with van der Waals surface area (Å²) in [5.74, 6) is 0.712. The third-order valence-electron chi connectivity index (χ3n) is 2.21. The van der Waals surface area contributed by atoms with Crippen LogP contribution in [0.3, 0.4) is 0 Å². The molecule has 0 aliphatic heterocycles. The van der Waals surface area contributed by atoms with Gasteiger partial charge in [0.1, 0.15) is 0 Å². The van der Waals surface area contributed by atoms with Crippen LogP contribution in [0.25, 0.3) is 0 Å². The monoisotopic (exact) mass is 209 g/mol. The SMILES string of the molecule is CCCn1ccnc1C(=O)CCNCC. The summed E-state index contributed by atoms with van der Waals surface area (Å²) in [6, 6.07) is 0. The van der Waals surface area contributed by atoms with Crippen molar-refractivity contribution < 1.29 is 4.79 Å². The van der Waals surface area contributed by atoms with Crippen LogP contribution in [0.15, 0.2) is 12.4 Å². The summed E-state index contributed by atoms with van der Waals surface area (Å²) in [5.41, 5.74) is 0. The highest BCUT2D eigenvalue weighted by Gasteiger charge is 2.11. The number of carbonyl (C=O) groups excluding carboxylic acids is 1. The van der Waals surface area contributed by atoms with Crippen LogP contribution in [0.4, 0.5) is 0 Å². The Morgan fingerprint density at radius 1 is 1.53 bits per heavy atom. The number of aromatic nitrogens is 2. The predicted molar refractivity (Wildman–Crippen MR) is 60.0 cm³/mol. The molecule has 0 amide bonds. The maximum atomic E-state index is 11.8. The van der Waals surface area contributed by atoms with Gasteiger partial charge in [0.15, 0.2) is 11.6 Å². The molecule has 4 heteroatoms. The molecule has 0 fully saturated rings. The van der Waals surface area contributed by atoms with Gasteiger partial charge in [-0.1, -0.05) is 13.8 Å². The molecule has 0 aromatic carbocycles. The molecule has 0 radical (unpaired) electrons. The molecular formula is C11H19N3O. The van der Waals surface area contributed by atoms with Crippen molar-refractivity contribution >= 4 is 5.78 Å². The van der Waals surface area contributed by atoms with Crippen LogP contribution in [-0.2, 0) is 6.54 Å². The van der Waals surface area contributed by atoms with Crippen molar-refractivity contribution in [3.63, 3.8) is 0 Å². The molecule has 0 atom stereocenters. The number of rotatable bonds is 7. The van der Waals surface area contributed by atoms with Gasteiger partial charge in [-0.2, -0.15) is 0 Å². The number of nitrogens with one attached hydrogen (secondary N) is 1. The Labute approximate surface area is 90.7 Å². The second kappa shape index (κ2) is 6.35. The first kappa shape index (κ1) is 11.9. The molecule has 1 rings (SSSR count). The highest BCUT2D eigenvalue weighted by Crippen LogP contribution is 2.02.